The molecule has 2 amide bonds. The number of unbranched alkanes of at least 4 members (excludes halogenated alkanes) is 1. The number of imide groups is 1. The highest BCUT2D eigenvalue weighted by atomic mass is 35.5. The fraction of sp³-hybridized carbons (Fsp3) is 0.333. The second kappa shape index (κ2) is 7.74. The molecule has 0 spiro atoms. The minimum absolute atomic E-state index is 0.198. The first kappa shape index (κ1) is 19.2. The zero-order valence-electron chi connectivity index (χ0n) is 15.3. The molecule has 0 unspecified atom stereocenters. The van der Waals surface area contributed by atoms with Crippen molar-refractivity contribution in [2.45, 2.75) is 38.3 Å². The third-order valence-electron chi connectivity index (χ3n) is 5.26. The number of carbonyl (C=O) groups is 2. The standard InChI is InChI=1S/C21H20Cl2N2O3/c1-2-3-9-17-18-19(28-25(17)13-7-5-4-6-8-13)21(27)24(20(18)26)14-10-11-15(22)16(23)12-14/h4-8,10-12,17-19H,2-3,9H2,1H3/t17-,18-,19-/m1/s1. The van der Waals surface area contributed by atoms with E-state index in [4.69, 9.17) is 28.0 Å². The zero-order chi connectivity index (χ0) is 19.8. The van der Waals surface area contributed by atoms with Crippen molar-refractivity contribution in [1.82, 2.24) is 0 Å². The minimum Gasteiger partial charge on any atom is -0.273 e. The molecule has 2 heterocycles. The SMILES string of the molecule is CCCC[C@@H]1[C@H]2C(=O)N(c3ccc(Cl)c(Cl)c3)C(=O)[C@@H]2ON1c1ccccc1. The average Bonchev–Trinajstić information content (AvgIpc) is 3.19. The Bertz CT molecular complexity index is 906. The van der Waals surface area contributed by atoms with E-state index in [1.54, 1.807) is 17.2 Å². The van der Waals surface area contributed by atoms with Gasteiger partial charge < -0.3 is 0 Å². The predicted molar refractivity (Wildman–Crippen MR) is 110 cm³/mol. The number of carbonyl (C=O) groups excluding carboxylic acids is 2. The highest BCUT2D eigenvalue weighted by molar-refractivity contribution is 6.42. The molecule has 2 saturated heterocycles. The van der Waals surface area contributed by atoms with Crippen LogP contribution in [0.5, 0.6) is 0 Å². The number of hydrogen-bond donors (Lipinski definition) is 0. The lowest BCUT2D eigenvalue weighted by Crippen LogP contribution is -2.40. The van der Waals surface area contributed by atoms with Gasteiger partial charge in [0.15, 0.2) is 6.10 Å². The summed E-state index contributed by atoms with van der Waals surface area (Å²) in [4.78, 5) is 33.5. The van der Waals surface area contributed by atoms with Crippen molar-refractivity contribution in [3.63, 3.8) is 0 Å². The van der Waals surface area contributed by atoms with Crippen LogP contribution in [0, 0.1) is 5.92 Å². The summed E-state index contributed by atoms with van der Waals surface area (Å²) in [5.41, 5.74) is 1.27. The number of hydroxylamine groups is 1. The molecule has 0 saturated carbocycles. The molecule has 0 N–H and O–H groups in total. The summed E-state index contributed by atoms with van der Waals surface area (Å²) >= 11 is 12.1. The molecule has 0 radical (unpaired) electrons. The summed E-state index contributed by atoms with van der Waals surface area (Å²) in [6, 6.07) is 14.1. The lowest BCUT2D eigenvalue weighted by Gasteiger charge is -2.28. The summed E-state index contributed by atoms with van der Waals surface area (Å²) in [5, 5.41) is 2.41. The van der Waals surface area contributed by atoms with Crippen LogP contribution in [-0.4, -0.2) is 24.0 Å². The zero-order valence-corrected chi connectivity index (χ0v) is 16.9. The van der Waals surface area contributed by atoms with Gasteiger partial charge in [-0.2, -0.15) is 0 Å². The third-order valence-corrected chi connectivity index (χ3v) is 6.00. The molecular formula is C21H20Cl2N2O3. The van der Waals surface area contributed by atoms with Gasteiger partial charge in [0.05, 0.1) is 33.4 Å². The molecular weight excluding hydrogens is 399 g/mol. The molecule has 2 aromatic rings. The lowest BCUT2D eigenvalue weighted by atomic mass is 9.92. The van der Waals surface area contributed by atoms with Crippen molar-refractivity contribution in [3.8, 4) is 0 Å². The number of para-hydroxylation sites is 1. The molecule has 2 aromatic carbocycles. The molecule has 4 rings (SSSR count). The lowest BCUT2D eigenvalue weighted by molar-refractivity contribution is -0.126. The fourth-order valence-electron chi connectivity index (χ4n) is 3.91. The monoisotopic (exact) mass is 418 g/mol. The van der Waals surface area contributed by atoms with E-state index >= 15 is 0 Å². The van der Waals surface area contributed by atoms with E-state index in [0.29, 0.717) is 15.7 Å². The summed E-state index contributed by atoms with van der Waals surface area (Å²) in [5.74, 6) is -1.17. The van der Waals surface area contributed by atoms with Crippen molar-refractivity contribution in [2.24, 2.45) is 5.92 Å². The Labute approximate surface area is 173 Å². The van der Waals surface area contributed by atoms with Crippen molar-refractivity contribution in [3.05, 3.63) is 58.6 Å². The van der Waals surface area contributed by atoms with E-state index < -0.39 is 12.0 Å². The van der Waals surface area contributed by atoms with E-state index in [1.807, 2.05) is 30.3 Å². The first-order valence-electron chi connectivity index (χ1n) is 9.37. The van der Waals surface area contributed by atoms with Gasteiger partial charge in [-0.05, 0) is 36.8 Å². The summed E-state index contributed by atoms with van der Waals surface area (Å²) in [7, 11) is 0. The van der Waals surface area contributed by atoms with Crippen LogP contribution in [0.1, 0.15) is 26.2 Å². The topological polar surface area (TPSA) is 49.9 Å². The highest BCUT2D eigenvalue weighted by Crippen LogP contribution is 2.42. The molecule has 3 atom stereocenters. The second-order valence-corrected chi connectivity index (χ2v) is 7.85. The molecule has 28 heavy (non-hydrogen) atoms. The Morgan fingerprint density at radius 2 is 1.71 bits per heavy atom. The number of rotatable bonds is 5. The average molecular weight is 419 g/mol. The number of halogens is 2. The van der Waals surface area contributed by atoms with Crippen molar-refractivity contribution < 1.29 is 14.4 Å². The summed E-state index contributed by atoms with van der Waals surface area (Å²) < 4.78 is 0. The Balaban J connectivity index is 1.68. The van der Waals surface area contributed by atoms with Crippen LogP contribution in [0.2, 0.25) is 10.0 Å². The quantitative estimate of drug-likeness (QED) is 0.650. The molecule has 7 heteroatoms. The van der Waals surface area contributed by atoms with Gasteiger partial charge in [-0.1, -0.05) is 61.2 Å². The van der Waals surface area contributed by atoms with Gasteiger partial charge in [0.2, 0.25) is 5.91 Å². The van der Waals surface area contributed by atoms with Gasteiger partial charge in [-0.15, -0.1) is 0 Å². The van der Waals surface area contributed by atoms with Crippen LogP contribution in [0.15, 0.2) is 48.5 Å². The van der Waals surface area contributed by atoms with E-state index in [2.05, 4.69) is 6.92 Å². The molecule has 146 valence electrons. The Morgan fingerprint density at radius 3 is 2.39 bits per heavy atom. The van der Waals surface area contributed by atoms with Gasteiger partial charge >= 0.3 is 0 Å². The normalized spacial score (nSPS) is 24.2. The molecule has 2 aliphatic rings. The Morgan fingerprint density at radius 1 is 0.964 bits per heavy atom. The van der Waals surface area contributed by atoms with Crippen LogP contribution >= 0.6 is 23.2 Å². The Hall–Kier alpha value is -2.08. The maximum Gasteiger partial charge on any atom is 0.266 e. The van der Waals surface area contributed by atoms with Gasteiger partial charge in [0.1, 0.15) is 0 Å². The first-order valence-corrected chi connectivity index (χ1v) is 10.1. The molecule has 2 aliphatic heterocycles. The van der Waals surface area contributed by atoms with E-state index in [9.17, 15) is 9.59 Å². The molecule has 5 nitrogen and oxygen atoms in total. The molecule has 0 aromatic heterocycles. The van der Waals surface area contributed by atoms with Crippen LogP contribution in [-0.2, 0) is 14.4 Å². The van der Waals surface area contributed by atoms with Crippen molar-refractivity contribution >= 4 is 46.4 Å². The minimum atomic E-state index is -0.830. The Kier molecular flexibility index (Phi) is 5.32. The highest BCUT2D eigenvalue weighted by Gasteiger charge is 2.59. The number of amides is 2. The fourth-order valence-corrected chi connectivity index (χ4v) is 4.20. The van der Waals surface area contributed by atoms with Crippen molar-refractivity contribution in [1.29, 1.82) is 0 Å². The smallest absolute Gasteiger partial charge is 0.266 e. The molecule has 0 aliphatic carbocycles. The molecule has 2 fully saturated rings. The number of benzene rings is 2. The maximum absolute atomic E-state index is 13.3. The van der Waals surface area contributed by atoms with Crippen LogP contribution in [0.25, 0.3) is 0 Å². The van der Waals surface area contributed by atoms with E-state index in [-0.39, 0.29) is 17.9 Å². The maximum atomic E-state index is 13.3. The van der Waals surface area contributed by atoms with E-state index in [0.717, 1.165) is 24.9 Å². The number of hydrogen-bond acceptors (Lipinski definition) is 4. The van der Waals surface area contributed by atoms with Gasteiger partial charge in [-0.3, -0.25) is 14.4 Å². The van der Waals surface area contributed by atoms with Crippen LogP contribution in [0.3, 0.4) is 0 Å². The van der Waals surface area contributed by atoms with Gasteiger partial charge in [0.25, 0.3) is 5.91 Å². The summed E-state index contributed by atoms with van der Waals surface area (Å²) in [6.45, 7) is 2.10. The van der Waals surface area contributed by atoms with Gasteiger partial charge in [0, 0.05) is 0 Å². The third kappa shape index (κ3) is 3.17. The predicted octanol–water partition coefficient (Wildman–Crippen LogP) is 4.86. The molecule has 0 bridgehead atoms. The second-order valence-electron chi connectivity index (χ2n) is 7.03. The first-order chi connectivity index (χ1) is 13.5. The van der Waals surface area contributed by atoms with Crippen LogP contribution < -0.4 is 9.96 Å². The van der Waals surface area contributed by atoms with Gasteiger partial charge in [-0.25, -0.2) is 9.96 Å². The number of nitrogens with zero attached hydrogens (tertiary/aromatic N) is 2. The number of fused-ring (bicyclic) bond motifs is 1. The largest absolute Gasteiger partial charge is 0.273 e. The van der Waals surface area contributed by atoms with E-state index in [1.165, 1.54) is 11.0 Å². The summed E-state index contributed by atoms with van der Waals surface area (Å²) in [6.07, 6.45) is 1.87. The van der Waals surface area contributed by atoms with Crippen molar-refractivity contribution in [2.75, 3.05) is 9.96 Å². The van der Waals surface area contributed by atoms with Crippen LogP contribution in [0.4, 0.5) is 11.4 Å². The number of anilines is 2.